The minimum absolute atomic E-state index is 0.274. The van der Waals surface area contributed by atoms with Crippen LogP contribution in [0.2, 0.25) is 5.02 Å². The lowest BCUT2D eigenvalue weighted by Gasteiger charge is -2.14. The molecule has 2 aromatic carbocycles. The first-order valence-corrected chi connectivity index (χ1v) is 8.46. The summed E-state index contributed by atoms with van der Waals surface area (Å²) in [6.45, 7) is 1.11. The SMILES string of the molecule is COc1cc(C2=NCCS2)cc(Cl)c1OCc1ccc(F)cc1. The summed E-state index contributed by atoms with van der Waals surface area (Å²) in [6.07, 6.45) is 0. The molecule has 0 N–H and O–H groups in total. The molecular formula is C17H15ClFNO2S. The molecule has 2 aromatic rings. The fourth-order valence-corrected chi connectivity index (χ4v) is 3.34. The van der Waals surface area contributed by atoms with Gasteiger partial charge < -0.3 is 9.47 Å². The van der Waals surface area contributed by atoms with Gasteiger partial charge in [0.2, 0.25) is 0 Å². The Hall–Kier alpha value is -1.72. The lowest BCUT2D eigenvalue weighted by molar-refractivity contribution is 0.284. The smallest absolute Gasteiger partial charge is 0.180 e. The summed E-state index contributed by atoms with van der Waals surface area (Å²) >= 11 is 8.05. The number of hydrogen-bond donors (Lipinski definition) is 0. The molecule has 0 amide bonds. The Kier molecular flexibility index (Phi) is 5.08. The molecule has 0 atom stereocenters. The molecule has 1 aliphatic rings. The lowest BCUT2D eigenvalue weighted by atomic mass is 10.2. The molecule has 0 radical (unpaired) electrons. The third-order valence-electron chi connectivity index (χ3n) is 3.36. The molecular weight excluding hydrogens is 337 g/mol. The summed E-state index contributed by atoms with van der Waals surface area (Å²) < 4.78 is 24.1. The molecule has 1 aliphatic heterocycles. The van der Waals surface area contributed by atoms with Crippen LogP contribution in [0.25, 0.3) is 0 Å². The fourth-order valence-electron chi connectivity index (χ4n) is 2.23. The van der Waals surface area contributed by atoms with Gasteiger partial charge in [0.25, 0.3) is 0 Å². The van der Waals surface area contributed by atoms with Gasteiger partial charge in [-0.25, -0.2) is 4.39 Å². The van der Waals surface area contributed by atoms with E-state index in [0.717, 1.165) is 28.5 Å². The summed E-state index contributed by atoms with van der Waals surface area (Å²) in [5, 5.41) is 1.44. The van der Waals surface area contributed by atoms with E-state index < -0.39 is 0 Å². The number of rotatable bonds is 5. The Balaban J connectivity index is 1.82. The van der Waals surface area contributed by atoms with Crippen LogP contribution in [0.4, 0.5) is 4.39 Å². The van der Waals surface area contributed by atoms with Gasteiger partial charge in [0.05, 0.1) is 17.2 Å². The minimum Gasteiger partial charge on any atom is -0.493 e. The van der Waals surface area contributed by atoms with Gasteiger partial charge in [-0.2, -0.15) is 0 Å². The maximum absolute atomic E-state index is 12.9. The summed E-state index contributed by atoms with van der Waals surface area (Å²) in [5.74, 6) is 1.75. The van der Waals surface area contributed by atoms with Gasteiger partial charge >= 0.3 is 0 Å². The van der Waals surface area contributed by atoms with Crippen LogP contribution < -0.4 is 9.47 Å². The highest BCUT2D eigenvalue weighted by Gasteiger charge is 2.17. The quantitative estimate of drug-likeness (QED) is 0.791. The lowest BCUT2D eigenvalue weighted by Crippen LogP contribution is -2.01. The molecule has 3 nitrogen and oxygen atoms in total. The van der Waals surface area contributed by atoms with Gasteiger partial charge in [0, 0.05) is 17.9 Å². The Morgan fingerprint density at radius 3 is 2.70 bits per heavy atom. The van der Waals surface area contributed by atoms with Crippen molar-refractivity contribution in [3.63, 3.8) is 0 Å². The Labute approximate surface area is 143 Å². The number of methoxy groups -OCH3 is 1. The standard InChI is InChI=1S/C17H15ClFNO2S/c1-21-15-9-12(17-20-6-7-23-17)8-14(18)16(15)22-10-11-2-4-13(19)5-3-11/h2-5,8-9H,6-7,10H2,1H3. The van der Waals surface area contributed by atoms with Crippen molar-refractivity contribution in [2.24, 2.45) is 4.99 Å². The monoisotopic (exact) mass is 351 g/mol. The van der Waals surface area contributed by atoms with Crippen molar-refractivity contribution in [3.05, 3.63) is 58.4 Å². The third-order valence-corrected chi connectivity index (χ3v) is 4.66. The Bertz CT molecular complexity index is 734. The van der Waals surface area contributed by atoms with Crippen molar-refractivity contribution >= 4 is 28.4 Å². The molecule has 0 fully saturated rings. The van der Waals surface area contributed by atoms with E-state index in [1.54, 1.807) is 31.0 Å². The van der Waals surface area contributed by atoms with Gasteiger partial charge in [-0.05, 0) is 29.8 Å². The van der Waals surface area contributed by atoms with E-state index in [-0.39, 0.29) is 12.4 Å². The predicted molar refractivity (Wildman–Crippen MR) is 92.6 cm³/mol. The Morgan fingerprint density at radius 2 is 2.04 bits per heavy atom. The zero-order valence-corrected chi connectivity index (χ0v) is 14.1. The number of thioether (sulfide) groups is 1. The molecule has 0 aliphatic carbocycles. The normalized spacial score (nSPS) is 13.8. The number of halogens is 2. The van der Waals surface area contributed by atoms with E-state index in [9.17, 15) is 4.39 Å². The van der Waals surface area contributed by atoms with Crippen LogP contribution in [0.5, 0.6) is 11.5 Å². The number of nitrogens with zero attached hydrogens (tertiary/aromatic N) is 1. The van der Waals surface area contributed by atoms with Crippen LogP contribution in [-0.4, -0.2) is 24.5 Å². The van der Waals surface area contributed by atoms with E-state index in [1.165, 1.54) is 12.1 Å². The summed E-state index contributed by atoms with van der Waals surface area (Å²) in [6, 6.07) is 9.86. The zero-order chi connectivity index (χ0) is 16.2. The van der Waals surface area contributed by atoms with Crippen LogP contribution in [-0.2, 0) is 6.61 Å². The second kappa shape index (κ2) is 7.23. The van der Waals surface area contributed by atoms with Gasteiger partial charge in [-0.3, -0.25) is 4.99 Å². The van der Waals surface area contributed by atoms with Gasteiger partial charge in [-0.1, -0.05) is 23.7 Å². The van der Waals surface area contributed by atoms with Crippen molar-refractivity contribution in [1.82, 2.24) is 0 Å². The van der Waals surface area contributed by atoms with Crippen LogP contribution >= 0.6 is 23.4 Å². The number of hydrogen-bond acceptors (Lipinski definition) is 4. The average Bonchev–Trinajstić information content (AvgIpc) is 3.09. The van der Waals surface area contributed by atoms with Crippen LogP contribution in [0.15, 0.2) is 41.4 Å². The maximum Gasteiger partial charge on any atom is 0.180 e. The largest absolute Gasteiger partial charge is 0.493 e. The minimum atomic E-state index is -0.274. The van der Waals surface area contributed by atoms with Gasteiger partial charge in [-0.15, -0.1) is 11.8 Å². The van der Waals surface area contributed by atoms with Crippen molar-refractivity contribution in [2.75, 3.05) is 19.4 Å². The molecule has 6 heteroatoms. The van der Waals surface area contributed by atoms with E-state index in [2.05, 4.69) is 4.99 Å². The molecule has 0 saturated heterocycles. The summed E-state index contributed by atoms with van der Waals surface area (Å²) in [5.41, 5.74) is 1.79. The molecule has 0 saturated carbocycles. The second-order valence-electron chi connectivity index (χ2n) is 4.94. The van der Waals surface area contributed by atoms with Crippen molar-refractivity contribution in [2.45, 2.75) is 6.61 Å². The highest BCUT2D eigenvalue weighted by atomic mass is 35.5. The summed E-state index contributed by atoms with van der Waals surface area (Å²) in [7, 11) is 1.57. The van der Waals surface area contributed by atoms with Crippen molar-refractivity contribution < 1.29 is 13.9 Å². The Morgan fingerprint density at radius 1 is 1.26 bits per heavy atom. The van der Waals surface area contributed by atoms with E-state index in [1.807, 2.05) is 12.1 Å². The number of benzene rings is 2. The molecule has 1 heterocycles. The third kappa shape index (κ3) is 3.79. The first-order chi connectivity index (χ1) is 11.2. The maximum atomic E-state index is 12.9. The van der Waals surface area contributed by atoms with Gasteiger partial charge in [0.1, 0.15) is 12.4 Å². The second-order valence-corrected chi connectivity index (χ2v) is 6.43. The van der Waals surface area contributed by atoms with Crippen molar-refractivity contribution in [1.29, 1.82) is 0 Å². The average molecular weight is 352 g/mol. The molecule has 0 bridgehead atoms. The zero-order valence-electron chi connectivity index (χ0n) is 12.5. The first kappa shape index (κ1) is 16.1. The molecule has 0 aromatic heterocycles. The van der Waals surface area contributed by atoms with Crippen LogP contribution in [0.3, 0.4) is 0 Å². The van der Waals surface area contributed by atoms with Crippen LogP contribution in [0.1, 0.15) is 11.1 Å². The highest BCUT2D eigenvalue weighted by molar-refractivity contribution is 8.14. The first-order valence-electron chi connectivity index (χ1n) is 7.10. The van der Waals surface area contributed by atoms with Crippen LogP contribution in [0, 0.1) is 5.82 Å². The molecule has 0 spiro atoms. The summed E-state index contributed by atoms with van der Waals surface area (Å²) in [4.78, 5) is 4.44. The molecule has 0 unspecified atom stereocenters. The van der Waals surface area contributed by atoms with E-state index >= 15 is 0 Å². The molecule has 23 heavy (non-hydrogen) atoms. The molecule has 3 rings (SSSR count). The van der Waals surface area contributed by atoms with Crippen molar-refractivity contribution in [3.8, 4) is 11.5 Å². The number of ether oxygens (including phenoxy) is 2. The van der Waals surface area contributed by atoms with Gasteiger partial charge in [0.15, 0.2) is 11.5 Å². The predicted octanol–water partition coefficient (Wildman–Crippen LogP) is 4.56. The van der Waals surface area contributed by atoms with E-state index in [0.29, 0.717) is 16.5 Å². The van der Waals surface area contributed by atoms with E-state index in [4.69, 9.17) is 21.1 Å². The highest BCUT2D eigenvalue weighted by Crippen LogP contribution is 2.38. The molecule has 120 valence electrons. The number of aliphatic imine (C=N–C) groups is 1. The topological polar surface area (TPSA) is 30.8 Å². The fraction of sp³-hybridized carbons (Fsp3) is 0.235.